The molecule has 176 valence electrons. The molecule has 1 aliphatic heterocycles. The summed E-state index contributed by atoms with van der Waals surface area (Å²) in [5.74, 6) is 2.01. The molecule has 1 aromatic heterocycles. The number of rotatable bonds is 12. The third kappa shape index (κ3) is 6.54. The van der Waals surface area contributed by atoms with E-state index >= 15 is 0 Å². The zero-order valence-electron chi connectivity index (χ0n) is 19.4. The van der Waals surface area contributed by atoms with Crippen molar-refractivity contribution in [1.82, 2.24) is 10.1 Å². The number of aliphatic hydroxyl groups excluding tert-OH is 1. The predicted octanol–water partition coefficient (Wildman–Crippen LogP) is 3.42. The van der Waals surface area contributed by atoms with Crippen LogP contribution in [0.5, 0.6) is 0 Å². The number of aliphatic hydroxyl groups is 1. The molecule has 1 aliphatic carbocycles. The van der Waals surface area contributed by atoms with Crippen LogP contribution in [0, 0.1) is 11.8 Å². The van der Waals surface area contributed by atoms with Gasteiger partial charge in [-0.1, -0.05) is 49.3 Å². The maximum absolute atomic E-state index is 10.7. The summed E-state index contributed by atoms with van der Waals surface area (Å²) in [4.78, 5) is 4.58. The molecule has 1 N–H and O–H groups in total. The van der Waals surface area contributed by atoms with Gasteiger partial charge in [0.15, 0.2) is 0 Å². The highest BCUT2D eigenvalue weighted by Gasteiger charge is 2.30. The average molecular weight is 444 g/mol. The maximum atomic E-state index is 10.7. The molecule has 7 heteroatoms. The number of morpholine rings is 1. The second kappa shape index (κ2) is 11.3. The molecular formula is C25H37N3O4. The van der Waals surface area contributed by atoms with Crippen molar-refractivity contribution in [2.45, 2.75) is 39.3 Å². The molecule has 0 radical (unpaired) electrons. The van der Waals surface area contributed by atoms with Crippen LogP contribution in [-0.4, -0.2) is 73.9 Å². The van der Waals surface area contributed by atoms with Crippen molar-refractivity contribution in [3.63, 3.8) is 0 Å². The van der Waals surface area contributed by atoms with Crippen LogP contribution >= 0.6 is 0 Å². The van der Waals surface area contributed by atoms with E-state index in [1.165, 1.54) is 12.8 Å². The fraction of sp³-hybridized carbons (Fsp3) is 0.640. The predicted molar refractivity (Wildman–Crippen MR) is 125 cm³/mol. The second-order valence-electron chi connectivity index (χ2n) is 9.50. The number of nitrogens with zero attached hydrogens (tertiary/aromatic N) is 3. The molecule has 2 aromatic rings. The van der Waals surface area contributed by atoms with Gasteiger partial charge in [0.1, 0.15) is 5.69 Å². The fourth-order valence-electron chi connectivity index (χ4n) is 4.16. The van der Waals surface area contributed by atoms with Gasteiger partial charge in [0.25, 0.3) is 0 Å². The third-order valence-electron chi connectivity index (χ3n) is 5.94. The zero-order valence-corrected chi connectivity index (χ0v) is 19.4. The van der Waals surface area contributed by atoms with Gasteiger partial charge in [-0.05, 0) is 24.7 Å². The zero-order chi connectivity index (χ0) is 22.3. The van der Waals surface area contributed by atoms with Crippen LogP contribution in [0.4, 0.5) is 5.88 Å². The molecule has 1 atom stereocenters. The van der Waals surface area contributed by atoms with Gasteiger partial charge < -0.3 is 24.0 Å². The molecule has 2 heterocycles. The highest BCUT2D eigenvalue weighted by atomic mass is 16.5. The summed E-state index contributed by atoms with van der Waals surface area (Å²) in [6.45, 7) is 10.5. The Morgan fingerprint density at radius 3 is 2.59 bits per heavy atom. The van der Waals surface area contributed by atoms with E-state index in [1.807, 2.05) is 18.2 Å². The van der Waals surface area contributed by atoms with Crippen LogP contribution in [-0.2, 0) is 16.0 Å². The largest absolute Gasteiger partial charge is 0.389 e. The Balaban J connectivity index is 1.53. The first-order chi connectivity index (χ1) is 15.6. The van der Waals surface area contributed by atoms with Crippen molar-refractivity contribution in [2.24, 2.45) is 11.8 Å². The summed E-state index contributed by atoms with van der Waals surface area (Å²) in [7, 11) is 0. The minimum absolute atomic E-state index is 0.366. The summed E-state index contributed by atoms with van der Waals surface area (Å²) in [5.41, 5.74) is 3.03. The highest BCUT2D eigenvalue weighted by Crippen LogP contribution is 2.35. The monoisotopic (exact) mass is 443 g/mol. The van der Waals surface area contributed by atoms with Crippen molar-refractivity contribution >= 4 is 5.88 Å². The molecule has 2 aliphatic rings. The Bertz CT molecular complexity index is 816. The van der Waals surface area contributed by atoms with Gasteiger partial charge >= 0.3 is 0 Å². The Hall–Kier alpha value is -1.93. The lowest BCUT2D eigenvalue weighted by Gasteiger charge is -2.29. The number of benzene rings is 1. The summed E-state index contributed by atoms with van der Waals surface area (Å²) < 4.78 is 17.2. The number of aromatic nitrogens is 1. The summed E-state index contributed by atoms with van der Waals surface area (Å²) in [6, 6.07) is 10.2. The van der Waals surface area contributed by atoms with Gasteiger partial charge in [-0.2, -0.15) is 0 Å². The fourth-order valence-corrected chi connectivity index (χ4v) is 4.16. The van der Waals surface area contributed by atoms with Crippen molar-refractivity contribution in [2.75, 3.05) is 57.5 Å². The molecular weight excluding hydrogens is 406 g/mol. The first kappa shape index (κ1) is 23.2. The van der Waals surface area contributed by atoms with E-state index in [0.29, 0.717) is 51.4 Å². The first-order valence-electron chi connectivity index (χ1n) is 11.9. The number of hydrogen-bond donors (Lipinski definition) is 1. The van der Waals surface area contributed by atoms with E-state index in [2.05, 4.69) is 40.9 Å². The van der Waals surface area contributed by atoms with Crippen LogP contribution in [0.1, 0.15) is 32.3 Å². The van der Waals surface area contributed by atoms with E-state index in [-0.39, 0.29) is 0 Å². The Labute approximate surface area is 191 Å². The van der Waals surface area contributed by atoms with Gasteiger partial charge in [-0.15, -0.1) is 0 Å². The minimum atomic E-state index is -0.514. The van der Waals surface area contributed by atoms with Crippen LogP contribution < -0.4 is 4.90 Å². The van der Waals surface area contributed by atoms with Gasteiger partial charge in [-0.25, -0.2) is 0 Å². The van der Waals surface area contributed by atoms with Crippen molar-refractivity contribution in [1.29, 1.82) is 0 Å². The van der Waals surface area contributed by atoms with E-state index in [1.54, 1.807) is 0 Å². The number of ether oxygens (including phenoxy) is 2. The molecule has 1 saturated carbocycles. The van der Waals surface area contributed by atoms with Gasteiger partial charge in [0.2, 0.25) is 5.88 Å². The minimum Gasteiger partial charge on any atom is -0.389 e. The van der Waals surface area contributed by atoms with Crippen LogP contribution in [0.2, 0.25) is 0 Å². The van der Waals surface area contributed by atoms with E-state index in [9.17, 15) is 5.11 Å². The highest BCUT2D eigenvalue weighted by molar-refractivity contribution is 5.68. The summed E-state index contributed by atoms with van der Waals surface area (Å²) in [6.07, 6.45) is 2.02. The summed E-state index contributed by atoms with van der Waals surface area (Å²) in [5, 5.41) is 15.2. The smallest absolute Gasteiger partial charge is 0.232 e. The average Bonchev–Trinajstić information content (AvgIpc) is 3.51. The molecule has 0 spiro atoms. The second-order valence-corrected chi connectivity index (χ2v) is 9.50. The van der Waals surface area contributed by atoms with Crippen LogP contribution in [0.15, 0.2) is 34.9 Å². The standard InChI is InChI=1S/C25H37N3O4/c1-19(2)17-31-18-22(29)15-27(14-20-8-9-20)16-23-24(21-6-4-3-5-7-21)26-32-25(23)28-10-12-30-13-11-28/h3-7,19-20,22,29H,8-18H2,1-2H3. The van der Waals surface area contributed by atoms with Crippen LogP contribution in [0.25, 0.3) is 11.3 Å². The lowest BCUT2D eigenvalue weighted by Crippen LogP contribution is -2.38. The molecule has 0 bridgehead atoms. The SMILES string of the molecule is CC(C)COCC(O)CN(Cc1c(-c2ccccc2)noc1N1CCOCC1)CC1CC1. The number of hydrogen-bond acceptors (Lipinski definition) is 7. The Morgan fingerprint density at radius 1 is 1.16 bits per heavy atom. The van der Waals surface area contributed by atoms with Crippen molar-refractivity contribution in [3.8, 4) is 11.3 Å². The Kier molecular flexibility index (Phi) is 8.19. The van der Waals surface area contributed by atoms with Gasteiger partial charge in [0, 0.05) is 44.9 Å². The summed E-state index contributed by atoms with van der Waals surface area (Å²) >= 11 is 0. The lowest BCUT2D eigenvalue weighted by atomic mass is 10.1. The molecule has 2 fully saturated rings. The normalized spacial score (nSPS) is 18.0. The van der Waals surface area contributed by atoms with E-state index < -0.39 is 6.10 Å². The lowest BCUT2D eigenvalue weighted by molar-refractivity contribution is 0.00620. The van der Waals surface area contributed by atoms with E-state index in [4.69, 9.17) is 14.0 Å². The van der Waals surface area contributed by atoms with Gasteiger partial charge in [0.05, 0.1) is 31.5 Å². The molecule has 4 rings (SSSR count). The molecule has 1 unspecified atom stereocenters. The van der Waals surface area contributed by atoms with Crippen LogP contribution in [0.3, 0.4) is 0 Å². The van der Waals surface area contributed by atoms with Crippen molar-refractivity contribution < 1.29 is 19.1 Å². The molecule has 0 amide bonds. The van der Waals surface area contributed by atoms with Gasteiger partial charge in [-0.3, -0.25) is 4.90 Å². The molecule has 7 nitrogen and oxygen atoms in total. The third-order valence-corrected chi connectivity index (χ3v) is 5.94. The van der Waals surface area contributed by atoms with Crippen molar-refractivity contribution in [3.05, 3.63) is 35.9 Å². The number of anilines is 1. The quantitative estimate of drug-likeness (QED) is 0.539. The maximum Gasteiger partial charge on any atom is 0.232 e. The van der Waals surface area contributed by atoms with E-state index in [0.717, 1.165) is 42.3 Å². The molecule has 32 heavy (non-hydrogen) atoms. The topological polar surface area (TPSA) is 71.2 Å². The Morgan fingerprint density at radius 2 is 1.91 bits per heavy atom. The molecule has 1 aromatic carbocycles. The first-order valence-corrected chi connectivity index (χ1v) is 11.9. The molecule has 1 saturated heterocycles.